The molecule has 4 rings (SSSR count). The SMILES string of the molecule is CCC1COC(=O)N1c1cc(-c2ccnc(Nc3cccc(Cl)c3)n2)ccn1. The van der Waals surface area contributed by atoms with Gasteiger partial charge < -0.3 is 10.1 Å². The van der Waals surface area contributed by atoms with Crippen molar-refractivity contribution in [3.05, 3.63) is 59.9 Å². The van der Waals surface area contributed by atoms with Gasteiger partial charge in [0.25, 0.3) is 0 Å². The minimum atomic E-state index is -0.373. The van der Waals surface area contributed by atoms with Crippen LogP contribution in [0.1, 0.15) is 13.3 Å². The summed E-state index contributed by atoms with van der Waals surface area (Å²) in [5.41, 5.74) is 2.34. The molecule has 3 heterocycles. The normalized spacial score (nSPS) is 16.1. The molecule has 0 radical (unpaired) electrons. The van der Waals surface area contributed by atoms with Gasteiger partial charge in [-0.25, -0.2) is 19.7 Å². The number of hydrogen-bond donors (Lipinski definition) is 1. The van der Waals surface area contributed by atoms with Crippen LogP contribution in [0, 0.1) is 0 Å². The monoisotopic (exact) mass is 395 g/mol. The lowest BCUT2D eigenvalue weighted by Crippen LogP contribution is -2.33. The first-order valence-corrected chi connectivity index (χ1v) is 9.30. The highest BCUT2D eigenvalue weighted by Crippen LogP contribution is 2.27. The lowest BCUT2D eigenvalue weighted by Gasteiger charge is -2.19. The number of pyridine rings is 1. The second-order valence-corrected chi connectivity index (χ2v) is 6.75. The maximum absolute atomic E-state index is 12.1. The molecule has 1 aliphatic heterocycles. The van der Waals surface area contributed by atoms with Gasteiger partial charge in [0.05, 0.1) is 11.7 Å². The van der Waals surface area contributed by atoms with Crippen molar-refractivity contribution >= 4 is 35.1 Å². The summed E-state index contributed by atoms with van der Waals surface area (Å²) in [6.45, 7) is 2.39. The van der Waals surface area contributed by atoms with E-state index in [9.17, 15) is 4.79 Å². The lowest BCUT2D eigenvalue weighted by atomic mass is 10.1. The van der Waals surface area contributed by atoms with Gasteiger partial charge in [0.2, 0.25) is 5.95 Å². The molecule has 1 amide bonds. The third kappa shape index (κ3) is 3.75. The number of aromatic nitrogens is 3. The zero-order valence-electron chi connectivity index (χ0n) is 15.2. The van der Waals surface area contributed by atoms with Crippen LogP contribution in [0.15, 0.2) is 54.9 Å². The second-order valence-electron chi connectivity index (χ2n) is 6.31. The Hall–Kier alpha value is -3.19. The Labute approximate surface area is 167 Å². The van der Waals surface area contributed by atoms with Crippen molar-refractivity contribution in [3.63, 3.8) is 0 Å². The number of nitrogens with zero attached hydrogens (tertiary/aromatic N) is 4. The van der Waals surface area contributed by atoms with Gasteiger partial charge in [-0.3, -0.25) is 4.90 Å². The van der Waals surface area contributed by atoms with E-state index in [4.69, 9.17) is 16.3 Å². The molecule has 1 atom stereocenters. The van der Waals surface area contributed by atoms with Crippen LogP contribution < -0.4 is 10.2 Å². The number of ether oxygens (including phenoxy) is 1. The molecular formula is C20H18ClN5O2. The molecule has 0 aliphatic carbocycles. The van der Waals surface area contributed by atoms with Crippen LogP contribution in [0.4, 0.5) is 22.2 Å². The predicted molar refractivity (Wildman–Crippen MR) is 108 cm³/mol. The van der Waals surface area contributed by atoms with Gasteiger partial charge in [-0.2, -0.15) is 0 Å². The van der Waals surface area contributed by atoms with Crippen LogP contribution in [0.3, 0.4) is 0 Å². The first-order valence-electron chi connectivity index (χ1n) is 8.92. The number of anilines is 3. The summed E-state index contributed by atoms with van der Waals surface area (Å²) in [6, 6.07) is 12.8. The topological polar surface area (TPSA) is 80.2 Å². The average molecular weight is 396 g/mol. The highest BCUT2D eigenvalue weighted by atomic mass is 35.5. The maximum atomic E-state index is 12.1. The molecular weight excluding hydrogens is 378 g/mol. The average Bonchev–Trinajstić information content (AvgIpc) is 3.09. The summed E-state index contributed by atoms with van der Waals surface area (Å²) in [5, 5.41) is 3.77. The Kier molecular flexibility index (Phi) is 5.08. The van der Waals surface area contributed by atoms with E-state index in [1.165, 1.54) is 0 Å². The summed E-state index contributed by atoms with van der Waals surface area (Å²) in [5.74, 6) is 1.000. The second kappa shape index (κ2) is 7.82. The molecule has 0 spiro atoms. The van der Waals surface area contributed by atoms with Crippen LogP contribution in [0.2, 0.25) is 5.02 Å². The third-order valence-electron chi connectivity index (χ3n) is 4.46. The standard InChI is InChI=1S/C20H18ClN5O2/c1-2-16-12-28-20(27)26(16)18-10-13(6-8-22-18)17-7-9-23-19(25-17)24-15-5-3-4-14(21)11-15/h3-11,16H,2,12H2,1H3,(H,23,24,25). The predicted octanol–water partition coefficient (Wildman–Crippen LogP) is 4.67. The molecule has 1 N–H and O–H groups in total. The molecule has 1 saturated heterocycles. The number of nitrogens with one attached hydrogen (secondary N) is 1. The third-order valence-corrected chi connectivity index (χ3v) is 4.69. The first kappa shape index (κ1) is 18.2. The summed E-state index contributed by atoms with van der Waals surface area (Å²) >= 11 is 6.02. The summed E-state index contributed by atoms with van der Waals surface area (Å²) < 4.78 is 5.16. The molecule has 1 aliphatic rings. The molecule has 1 unspecified atom stereocenters. The van der Waals surface area contributed by atoms with Crippen molar-refractivity contribution in [1.82, 2.24) is 15.0 Å². The minimum absolute atomic E-state index is 0.0132. The summed E-state index contributed by atoms with van der Waals surface area (Å²) in [6.07, 6.45) is 3.75. The van der Waals surface area contributed by atoms with Gasteiger partial charge in [-0.1, -0.05) is 24.6 Å². The summed E-state index contributed by atoms with van der Waals surface area (Å²) in [4.78, 5) is 26.9. The number of carbonyl (C=O) groups excluding carboxylic acids is 1. The van der Waals surface area contributed by atoms with Crippen molar-refractivity contribution in [2.45, 2.75) is 19.4 Å². The molecule has 1 aromatic carbocycles. The number of cyclic esters (lactones) is 1. The van der Waals surface area contributed by atoms with E-state index in [1.807, 2.05) is 37.3 Å². The summed E-state index contributed by atoms with van der Waals surface area (Å²) in [7, 11) is 0. The van der Waals surface area contributed by atoms with Crippen molar-refractivity contribution in [2.24, 2.45) is 0 Å². The molecule has 2 aromatic heterocycles. The van der Waals surface area contributed by atoms with Crippen LogP contribution in [0.5, 0.6) is 0 Å². The van der Waals surface area contributed by atoms with Crippen LogP contribution in [-0.2, 0) is 4.74 Å². The zero-order chi connectivity index (χ0) is 19.5. The fourth-order valence-corrected chi connectivity index (χ4v) is 3.22. The van der Waals surface area contributed by atoms with E-state index in [2.05, 4.69) is 20.3 Å². The minimum Gasteiger partial charge on any atom is -0.447 e. The fourth-order valence-electron chi connectivity index (χ4n) is 3.03. The van der Waals surface area contributed by atoms with Gasteiger partial charge in [-0.05, 0) is 42.8 Å². The quantitative estimate of drug-likeness (QED) is 0.676. The van der Waals surface area contributed by atoms with Gasteiger partial charge >= 0.3 is 6.09 Å². The molecule has 7 nitrogen and oxygen atoms in total. The molecule has 142 valence electrons. The Morgan fingerprint density at radius 2 is 2.07 bits per heavy atom. The molecule has 0 saturated carbocycles. The van der Waals surface area contributed by atoms with Crippen LogP contribution >= 0.6 is 11.6 Å². The largest absolute Gasteiger partial charge is 0.447 e. The highest BCUT2D eigenvalue weighted by Gasteiger charge is 2.33. The van der Waals surface area contributed by atoms with E-state index in [-0.39, 0.29) is 12.1 Å². The number of benzene rings is 1. The Morgan fingerprint density at radius 1 is 1.21 bits per heavy atom. The first-order chi connectivity index (χ1) is 13.6. The molecule has 1 fully saturated rings. The molecule has 28 heavy (non-hydrogen) atoms. The van der Waals surface area contributed by atoms with E-state index >= 15 is 0 Å². The van der Waals surface area contributed by atoms with Crippen molar-refractivity contribution in [1.29, 1.82) is 0 Å². The Morgan fingerprint density at radius 3 is 2.89 bits per heavy atom. The van der Waals surface area contributed by atoms with Gasteiger partial charge in [0, 0.05) is 28.7 Å². The van der Waals surface area contributed by atoms with Gasteiger partial charge in [0.1, 0.15) is 12.4 Å². The number of rotatable bonds is 5. The zero-order valence-corrected chi connectivity index (χ0v) is 15.9. The number of halogens is 1. The Balaban J connectivity index is 1.62. The number of hydrogen-bond acceptors (Lipinski definition) is 6. The molecule has 3 aromatic rings. The maximum Gasteiger partial charge on any atom is 0.415 e. The van der Waals surface area contributed by atoms with E-state index in [0.717, 1.165) is 17.7 Å². The van der Waals surface area contributed by atoms with E-state index in [0.29, 0.717) is 29.1 Å². The van der Waals surface area contributed by atoms with Gasteiger partial charge in [0.15, 0.2) is 0 Å². The van der Waals surface area contributed by atoms with Gasteiger partial charge in [-0.15, -0.1) is 0 Å². The smallest absolute Gasteiger partial charge is 0.415 e. The van der Waals surface area contributed by atoms with Crippen molar-refractivity contribution in [2.75, 3.05) is 16.8 Å². The van der Waals surface area contributed by atoms with Crippen molar-refractivity contribution in [3.8, 4) is 11.3 Å². The lowest BCUT2D eigenvalue weighted by molar-refractivity contribution is 0.178. The molecule has 0 bridgehead atoms. The fraction of sp³-hybridized carbons (Fsp3) is 0.200. The number of carbonyl (C=O) groups is 1. The van der Waals surface area contributed by atoms with E-state index in [1.54, 1.807) is 29.4 Å². The van der Waals surface area contributed by atoms with Crippen LogP contribution in [0.25, 0.3) is 11.3 Å². The Bertz CT molecular complexity index is 1010. The van der Waals surface area contributed by atoms with Crippen molar-refractivity contribution < 1.29 is 9.53 Å². The molecule has 8 heteroatoms. The number of amides is 1. The van der Waals surface area contributed by atoms with Crippen LogP contribution in [-0.4, -0.2) is 33.7 Å². The van der Waals surface area contributed by atoms with E-state index < -0.39 is 0 Å². The highest BCUT2D eigenvalue weighted by molar-refractivity contribution is 6.30.